The van der Waals surface area contributed by atoms with Crippen molar-refractivity contribution in [2.45, 2.75) is 19.2 Å². The summed E-state index contributed by atoms with van der Waals surface area (Å²) in [5.41, 5.74) is -1.83. The molecule has 4 nitrogen and oxygen atoms in total. The fraction of sp³-hybridized carbons (Fsp3) is 0.333. The Bertz CT molecular complexity index is 491. The summed E-state index contributed by atoms with van der Waals surface area (Å²) in [5, 5.41) is 8.57. The van der Waals surface area contributed by atoms with Gasteiger partial charge < -0.3 is 9.84 Å². The number of rotatable bonds is 4. The van der Waals surface area contributed by atoms with Crippen LogP contribution in [0.25, 0.3) is 0 Å². The van der Waals surface area contributed by atoms with Gasteiger partial charge in [0.25, 0.3) is 6.43 Å². The number of carbonyl (C=O) groups is 1. The van der Waals surface area contributed by atoms with E-state index in [9.17, 15) is 26.7 Å². The van der Waals surface area contributed by atoms with Gasteiger partial charge in [0.1, 0.15) is 11.4 Å². The Morgan fingerprint density at radius 2 is 2.05 bits per heavy atom. The quantitative estimate of drug-likeness (QED) is 0.627. The van der Waals surface area contributed by atoms with Crippen molar-refractivity contribution < 1.29 is 36.6 Å². The molecular weight excluding hydrogens is 392 g/mol. The molecule has 19 heavy (non-hydrogen) atoms. The molecule has 10 heteroatoms. The molecule has 0 radical (unpaired) electrons. The Hall–Kier alpha value is -1.20. The highest BCUT2D eigenvalue weighted by Crippen LogP contribution is 2.35. The number of carboxylic acid groups (broad SMARTS) is 1. The topological polar surface area (TPSA) is 59.4 Å². The minimum absolute atomic E-state index is 0.212. The lowest BCUT2D eigenvalue weighted by molar-refractivity contribution is -0.275. The molecule has 0 amide bonds. The van der Waals surface area contributed by atoms with E-state index in [1.165, 1.54) is 22.6 Å². The van der Waals surface area contributed by atoms with Gasteiger partial charge in [-0.05, 0) is 22.6 Å². The number of nitrogens with zero attached hydrogens (tertiary/aromatic N) is 1. The zero-order valence-corrected chi connectivity index (χ0v) is 11.0. The number of pyridine rings is 1. The summed E-state index contributed by atoms with van der Waals surface area (Å²) < 4.78 is 65.2. The number of ether oxygens (including phenoxy) is 1. The van der Waals surface area contributed by atoms with Crippen LogP contribution in [0, 0.1) is 3.57 Å². The molecule has 1 aromatic rings. The van der Waals surface area contributed by atoms with Crippen molar-refractivity contribution in [3.8, 4) is 5.75 Å². The van der Waals surface area contributed by atoms with Crippen LogP contribution >= 0.6 is 22.6 Å². The maximum atomic E-state index is 12.6. The minimum atomic E-state index is -5.12. The van der Waals surface area contributed by atoms with Crippen LogP contribution in [0.15, 0.2) is 6.20 Å². The Morgan fingerprint density at radius 1 is 1.47 bits per heavy atom. The predicted molar refractivity (Wildman–Crippen MR) is 59.9 cm³/mol. The van der Waals surface area contributed by atoms with E-state index < -0.39 is 42.2 Å². The largest absolute Gasteiger partial charge is 0.573 e. The summed E-state index contributed by atoms with van der Waals surface area (Å²) in [6, 6.07) is 0. The van der Waals surface area contributed by atoms with E-state index in [1.54, 1.807) is 0 Å². The SMILES string of the molecule is O=C(O)Cc1c(C(F)F)ncc(I)c1OC(F)(F)F. The lowest BCUT2D eigenvalue weighted by Gasteiger charge is -2.16. The molecule has 0 aliphatic carbocycles. The highest BCUT2D eigenvalue weighted by Gasteiger charge is 2.35. The first-order chi connectivity index (χ1) is 8.61. The molecule has 0 atom stereocenters. The van der Waals surface area contributed by atoms with Gasteiger partial charge in [0.2, 0.25) is 0 Å². The van der Waals surface area contributed by atoms with E-state index in [0.29, 0.717) is 0 Å². The van der Waals surface area contributed by atoms with Crippen molar-refractivity contribution in [3.05, 3.63) is 21.0 Å². The number of hydrogen-bond acceptors (Lipinski definition) is 3. The van der Waals surface area contributed by atoms with Gasteiger partial charge in [0.15, 0.2) is 0 Å². The second kappa shape index (κ2) is 5.84. The van der Waals surface area contributed by atoms with E-state index >= 15 is 0 Å². The van der Waals surface area contributed by atoms with Gasteiger partial charge in [-0.15, -0.1) is 13.2 Å². The number of hydrogen-bond donors (Lipinski definition) is 1. The number of aromatic nitrogens is 1. The van der Waals surface area contributed by atoms with Crippen LogP contribution in [0.4, 0.5) is 22.0 Å². The minimum Gasteiger partial charge on any atom is -0.481 e. The fourth-order valence-corrected chi connectivity index (χ4v) is 1.83. The summed E-state index contributed by atoms with van der Waals surface area (Å²) in [5.74, 6) is -2.53. The van der Waals surface area contributed by atoms with Gasteiger partial charge in [0, 0.05) is 11.8 Å². The average Bonchev–Trinajstić information content (AvgIpc) is 2.20. The van der Waals surface area contributed by atoms with Gasteiger partial charge >= 0.3 is 12.3 Å². The molecule has 0 saturated carbocycles. The average molecular weight is 397 g/mol. The normalized spacial score (nSPS) is 11.7. The van der Waals surface area contributed by atoms with Gasteiger partial charge in [-0.3, -0.25) is 9.78 Å². The molecule has 0 aliphatic rings. The standard InChI is InChI=1S/C9H5F5INO3/c10-8(11)6-3(1-5(17)18)7(4(15)2-16-6)19-9(12,13)14/h2,8H,1H2,(H,17,18). The van der Waals surface area contributed by atoms with Crippen LogP contribution in [0.3, 0.4) is 0 Å². The molecule has 106 valence electrons. The Morgan fingerprint density at radius 3 is 2.47 bits per heavy atom. The van der Waals surface area contributed by atoms with E-state index in [1.807, 2.05) is 0 Å². The van der Waals surface area contributed by atoms with E-state index in [-0.39, 0.29) is 3.57 Å². The van der Waals surface area contributed by atoms with E-state index in [0.717, 1.165) is 6.20 Å². The molecule has 0 saturated heterocycles. The lowest BCUT2D eigenvalue weighted by atomic mass is 10.1. The first-order valence-electron chi connectivity index (χ1n) is 4.54. The van der Waals surface area contributed by atoms with Crippen molar-refractivity contribution in [2.75, 3.05) is 0 Å². The van der Waals surface area contributed by atoms with Crippen molar-refractivity contribution in [2.24, 2.45) is 0 Å². The van der Waals surface area contributed by atoms with Crippen LogP contribution in [0.1, 0.15) is 17.7 Å². The second-order valence-corrected chi connectivity index (χ2v) is 4.38. The highest BCUT2D eigenvalue weighted by atomic mass is 127. The Balaban J connectivity index is 3.39. The highest BCUT2D eigenvalue weighted by molar-refractivity contribution is 14.1. The van der Waals surface area contributed by atoms with Gasteiger partial charge in [-0.1, -0.05) is 0 Å². The van der Waals surface area contributed by atoms with Crippen LogP contribution in [-0.2, 0) is 11.2 Å². The van der Waals surface area contributed by atoms with E-state index in [2.05, 4.69) is 9.72 Å². The molecule has 1 heterocycles. The molecule has 1 aromatic heterocycles. The molecule has 1 rings (SSSR count). The maximum Gasteiger partial charge on any atom is 0.573 e. The summed E-state index contributed by atoms with van der Waals surface area (Å²) >= 11 is 1.39. The molecule has 0 fully saturated rings. The van der Waals surface area contributed by atoms with Crippen LogP contribution < -0.4 is 4.74 Å². The molecule has 0 spiro atoms. The number of halogens is 6. The van der Waals surface area contributed by atoms with Crippen LogP contribution in [0.2, 0.25) is 0 Å². The van der Waals surface area contributed by atoms with Crippen molar-refractivity contribution in [3.63, 3.8) is 0 Å². The summed E-state index contributed by atoms with van der Waals surface area (Å²) in [7, 11) is 0. The molecule has 0 bridgehead atoms. The fourth-order valence-electron chi connectivity index (χ4n) is 1.26. The second-order valence-electron chi connectivity index (χ2n) is 3.22. The first kappa shape index (κ1) is 15.9. The number of alkyl halides is 5. The van der Waals surface area contributed by atoms with Crippen LogP contribution in [-0.4, -0.2) is 22.4 Å². The first-order valence-corrected chi connectivity index (χ1v) is 5.62. The van der Waals surface area contributed by atoms with Gasteiger partial charge in [0.05, 0.1) is 9.99 Å². The molecule has 1 N–H and O–H groups in total. The number of carboxylic acids is 1. The Kier molecular flexibility index (Phi) is 4.87. The van der Waals surface area contributed by atoms with Crippen molar-refractivity contribution >= 4 is 28.6 Å². The van der Waals surface area contributed by atoms with Crippen molar-refractivity contribution in [1.29, 1.82) is 0 Å². The molecular formula is C9H5F5INO3. The predicted octanol–water partition coefficient (Wildman–Crippen LogP) is 3.15. The molecule has 0 unspecified atom stereocenters. The zero-order chi connectivity index (χ0) is 14.8. The summed E-state index contributed by atoms with van der Waals surface area (Å²) in [6.45, 7) is 0. The van der Waals surface area contributed by atoms with Crippen LogP contribution in [0.5, 0.6) is 5.75 Å². The monoisotopic (exact) mass is 397 g/mol. The van der Waals surface area contributed by atoms with Gasteiger partial charge in [-0.2, -0.15) is 0 Å². The third-order valence-corrected chi connectivity index (χ3v) is 2.64. The smallest absolute Gasteiger partial charge is 0.481 e. The Labute approximate surface area is 116 Å². The third-order valence-electron chi connectivity index (χ3n) is 1.87. The van der Waals surface area contributed by atoms with Crippen molar-refractivity contribution in [1.82, 2.24) is 4.98 Å². The summed E-state index contributed by atoms with van der Waals surface area (Å²) in [6.07, 6.45) is -8.61. The third kappa shape index (κ3) is 4.44. The van der Waals surface area contributed by atoms with E-state index in [4.69, 9.17) is 5.11 Å². The number of aliphatic carboxylic acids is 1. The maximum absolute atomic E-state index is 12.6. The van der Waals surface area contributed by atoms with Gasteiger partial charge in [-0.25, -0.2) is 8.78 Å². The molecule has 0 aromatic carbocycles. The molecule has 0 aliphatic heterocycles. The lowest BCUT2D eigenvalue weighted by Crippen LogP contribution is -2.21. The zero-order valence-electron chi connectivity index (χ0n) is 8.84. The summed E-state index contributed by atoms with van der Waals surface area (Å²) in [4.78, 5) is 13.8.